The van der Waals surface area contributed by atoms with Crippen molar-refractivity contribution in [2.45, 2.75) is 39.5 Å². The first kappa shape index (κ1) is 30.8. The summed E-state index contributed by atoms with van der Waals surface area (Å²) >= 11 is 0. The molecule has 1 aliphatic heterocycles. The van der Waals surface area contributed by atoms with Crippen molar-refractivity contribution in [2.24, 2.45) is 0 Å². The number of unbranched alkanes of at least 4 members (excludes halogenated alkanes) is 2. The maximum Gasteiger partial charge on any atom is 0.244 e. The normalized spacial score (nSPS) is 12.1. The van der Waals surface area contributed by atoms with Crippen LogP contribution in [0.25, 0.3) is 71.5 Å². The fourth-order valence-electron chi connectivity index (χ4n) is 8.60. The Morgan fingerprint density at radius 2 is 1.44 bits per heavy atom. The number of furan rings is 1. The van der Waals surface area contributed by atoms with Crippen LogP contribution < -0.4 is 16.4 Å². The Balaban J connectivity index is 1.19. The van der Waals surface area contributed by atoms with Crippen molar-refractivity contribution >= 4 is 73.3 Å². The van der Waals surface area contributed by atoms with E-state index in [0.29, 0.717) is 7.28 Å². The minimum absolute atomic E-state index is 0.716. The maximum atomic E-state index is 6.83. The number of rotatable bonds is 8. The second-order valence-electron chi connectivity index (χ2n) is 14.4. The Morgan fingerprint density at radius 3 is 2.27 bits per heavy atom. The third-order valence-corrected chi connectivity index (χ3v) is 11.1. The summed E-state index contributed by atoms with van der Waals surface area (Å²) in [7, 11) is 0.716. The van der Waals surface area contributed by atoms with E-state index in [2.05, 4.69) is 163 Å². The van der Waals surface area contributed by atoms with Gasteiger partial charge in [0.1, 0.15) is 5.58 Å². The number of aromatic nitrogens is 1. The first-order chi connectivity index (χ1) is 25.6. The van der Waals surface area contributed by atoms with Crippen LogP contribution in [0.2, 0.25) is 0 Å². The van der Waals surface area contributed by atoms with Crippen molar-refractivity contribution in [3.63, 3.8) is 0 Å². The van der Waals surface area contributed by atoms with Gasteiger partial charge in [0.05, 0.1) is 16.9 Å². The summed E-state index contributed by atoms with van der Waals surface area (Å²) in [6.07, 6.45) is 4.89. The van der Waals surface area contributed by atoms with Gasteiger partial charge in [-0.2, -0.15) is 0 Å². The van der Waals surface area contributed by atoms with Crippen LogP contribution in [0, 0.1) is 6.92 Å². The number of nitrogens with zero attached hydrogens (tertiary/aromatic N) is 1. The molecule has 4 heteroatoms. The van der Waals surface area contributed by atoms with Crippen LogP contribution in [0.5, 0.6) is 0 Å². The van der Waals surface area contributed by atoms with Gasteiger partial charge in [0, 0.05) is 38.6 Å². The minimum Gasteiger partial charge on any atom is -0.469 e. The molecule has 0 bridgehead atoms. The molecule has 3 nitrogen and oxygen atoms in total. The number of anilines is 2. The van der Waals surface area contributed by atoms with E-state index in [1.54, 1.807) is 0 Å². The van der Waals surface area contributed by atoms with Crippen molar-refractivity contribution in [2.75, 3.05) is 5.32 Å². The van der Waals surface area contributed by atoms with Crippen LogP contribution >= 0.6 is 0 Å². The van der Waals surface area contributed by atoms with Crippen molar-refractivity contribution in [3.8, 4) is 27.9 Å². The summed E-state index contributed by atoms with van der Waals surface area (Å²) in [6, 6.07) is 51.0. The van der Waals surface area contributed by atoms with E-state index in [1.807, 2.05) is 0 Å². The molecular weight excluding hydrogens is 631 g/mol. The highest BCUT2D eigenvalue weighted by molar-refractivity contribution is 6.73. The number of benzene rings is 7. The largest absolute Gasteiger partial charge is 0.469 e. The van der Waals surface area contributed by atoms with Crippen molar-refractivity contribution in [3.05, 3.63) is 151 Å². The highest BCUT2D eigenvalue weighted by atomic mass is 16.3. The van der Waals surface area contributed by atoms with E-state index in [9.17, 15) is 0 Å². The average Bonchev–Trinajstić information content (AvgIpc) is 3.72. The number of fused-ring (bicyclic) bond motifs is 8. The minimum atomic E-state index is 0.716. The summed E-state index contributed by atoms with van der Waals surface area (Å²) in [5, 5.41) is 10.1. The third-order valence-electron chi connectivity index (χ3n) is 11.1. The van der Waals surface area contributed by atoms with E-state index in [4.69, 9.17) is 4.42 Å². The Labute approximate surface area is 304 Å². The zero-order valence-corrected chi connectivity index (χ0v) is 29.7. The van der Waals surface area contributed by atoms with Crippen LogP contribution in [-0.2, 0) is 6.42 Å². The van der Waals surface area contributed by atoms with Gasteiger partial charge in [0.25, 0.3) is 0 Å². The average molecular weight is 671 g/mol. The van der Waals surface area contributed by atoms with Crippen LogP contribution in [0.15, 0.2) is 144 Å². The summed E-state index contributed by atoms with van der Waals surface area (Å²) in [5.74, 6) is 0. The predicted octanol–water partition coefficient (Wildman–Crippen LogP) is 11.5. The van der Waals surface area contributed by atoms with Gasteiger partial charge in [-0.3, -0.25) is 0 Å². The number of aryl methyl sites for hydroxylation is 2. The lowest BCUT2D eigenvalue weighted by atomic mass is 9.62. The summed E-state index contributed by atoms with van der Waals surface area (Å²) in [4.78, 5) is 0. The van der Waals surface area contributed by atoms with E-state index in [1.165, 1.54) is 90.7 Å². The first-order valence-electron chi connectivity index (χ1n) is 18.7. The summed E-state index contributed by atoms with van der Waals surface area (Å²) in [6.45, 7) is 4.54. The Hall–Kier alpha value is -6.00. The van der Waals surface area contributed by atoms with Gasteiger partial charge in [-0.1, -0.05) is 117 Å². The molecule has 1 aliphatic rings. The summed E-state index contributed by atoms with van der Waals surface area (Å²) in [5.41, 5.74) is 16.6. The van der Waals surface area contributed by atoms with Crippen LogP contribution in [0.3, 0.4) is 0 Å². The second-order valence-corrected chi connectivity index (χ2v) is 14.4. The fraction of sp³-hybridized carbons (Fsp3) is 0.125. The van der Waals surface area contributed by atoms with Gasteiger partial charge in [0.15, 0.2) is 0 Å². The smallest absolute Gasteiger partial charge is 0.244 e. The highest BCUT2D eigenvalue weighted by Gasteiger charge is 2.31. The molecule has 10 rings (SSSR count). The van der Waals surface area contributed by atoms with Gasteiger partial charge in [0.2, 0.25) is 7.28 Å². The molecule has 52 heavy (non-hydrogen) atoms. The van der Waals surface area contributed by atoms with Crippen molar-refractivity contribution in [1.82, 2.24) is 4.57 Å². The Morgan fingerprint density at radius 1 is 0.673 bits per heavy atom. The summed E-state index contributed by atoms with van der Waals surface area (Å²) < 4.78 is 9.36. The standard InChI is InChI=1S/C48H39BN2O/c1-3-4-6-13-31-20-23-36(24-21-31)50-41-19-12-11-18-37(41)38-26-30(2)44-39-27-33-16-9-10-17-34(33)29-42(39)51-46-40-28-35(32-14-7-5-8-15-32)22-25-43(40)52-48(46)49-45(38)47(44)51/h5,7-12,14-29,49-50H,3-4,6,13H2,1-2H3. The van der Waals surface area contributed by atoms with Gasteiger partial charge in [-0.15, -0.1) is 0 Å². The maximum absolute atomic E-state index is 6.83. The van der Waals surface area contributed by atoms with Crippen molar-refractivity contribution in [1.29, 1.82) is 0 Å². The van der Waals surface area contributed by atoms with Gasteiger partial charge in [-0.25, -0.2) is 0 Å². The van der Waals surface area contributed by atoms with E-state index in [-0.39, 0.29) is 0 Å². The molecule has 0 spiro atoms. The molecule has 0 fully saturated rings. The molecule has 0 aliphatic carbocycles. The van der Waals surface area contributed by atoms with E-state index in [0.717, 1.165) is 40.1 Å². The molecule has 0 amide bonds. The molecule has 0 radical (unpaired) electrons. The zero-order chi connectivity index (χ0) is 34.8. The lowest BCUT2D eigenvalue weighted by Gasteiger charge is -2.22. The van der Waals surface area contributed by atoms with Gasteiger partial charge >= 0.3 is 0 Å². The highest BCUT2D eigenvalue weighted by Crippen LogP contribution is 2.42. The molecule has 1 N–H and O–H groups in total. The third kappa shape index (κ3) is 4.97. The molecule has 9 aromatic rings. The van der Waals surface area contributed by atoms with Crippen LogP contribution in [0.4, 0.5) is 11.4 Å². The van der Waals surface area contributed by atoms with Crippen molar-refractivity contribution < 1.29 is 4.42 Å². The number of hydrogen-bond donors (Lipinski definition) is 1. The molecule has 0 unspecified atom stereocenters. The second kappa shape index (κ2) is 12.3. The quantitative estimate of drug-likeness (QED) is 0.129. The number of hydrogen-bond acceptors (Lipinski definition) is 2. The fourth-order valence-corrected chi connectivity index (χ4v) is 8.60. The van der Waals surface area contributed by atoms with E-state index >= 15 is 0 Å². The lowest BCUT2D eigenvalue weighted by molar-refractivity contribution is 0.650. The molecule has 250 valence electrons. The molecule has 3 heterocycles. The lowest BCUT2D eigenvalue weighted by Crippen LogP contribution is -2.36. The molecular formula is C48H39BN2O. The molecule has 0 saturated heterocycles. The van der Waals surface area contributed by atoms with Gasteiger partial charge in [-0.05, 0) is 106 Å². The monoisotopic (exact) mass is 670 g/mol. The predicted molar refractivity (Wildman–Crippen MR) is 223 cm³/mol. The Bertz CT molecular complexity index is 2810. The first-order valence-corrected chi connectivity index (χ1v) is 18.7. The van der Waals surface area contributed by atoms with Crippen LogP contribution in [-0.4, -0.2) is 11.8 Å². The molecule has 0 atom stereocenters. The SMILES string of the molecule is CCCCCc1ccc(Nc2ccccc2-c2cc(C)c3c4cc5ccccc5cc4n4c3c2Bc2oc3ccc(-c5ccccc5)cc3c2-4)cc1. The topological polar surface area (TPSA) is 30.1 Å². The number of nitrogens with one attached hydrogen (secondary N) is 1. The molecule has 0 saturated carbocycles. The zero-order valence-electron chi connectivity index (χ0n) is 29.7. The molecule has 2 aromatic heterocycles. The van der Waals surface area contributed by atoms with E-state index < -0.39 is 0 Å². The van der Waals surface area contributed by atoms with Gasteiger partial charge < -0.3 is 14.3 Å². The Kier molecular flexibility index (Phi) is 7.31. The molecule has 7 aromatic carbocycles. The van der Waals surface area contributed by atoms with Crippen LogP contribution in [0.1, 0.15) is 37.3 Å². The number of para-hydroxylation sites is 1.